The lowest BCUT2D eigenvalue weighted by Gasteiger charge is -2.28. The molecule has 1 aliphatic rings. The molecule has 1 aliphatic heterocycles. The zero-order valence-electron chi connectivity index (χ0n) is 15.6. The van der Waals surface area contributed by atoms with Crippen molar-refractivity contribution in [2.75, 3.05) is 6.54 Å². The maximum atomic E-state index is 12.5. The van der Waals surface area contributed by atoms with Crippen LogP contribution < -0.4 is 10.9 Å². The summed E-state index contributed by atoms with van der Waals surface area (Å²) >= 11 is 0. The molecule has 4 aromatic rings. The van der Waals surface area contributed by atoms with Crippen LogP contribution in [0.25, 0.3) is 27.8 Å². The maximum absolute atomic E-state index is 12.5. The number of benzene rings is 1. The molecule has 0 saturated carbocycles. The van der Waals surface area contributed by atoms with Crippen LogP contribution in [0.1, 0.15) is 31.4 Å². The average molecular weight is 396 g/mol. The highest BCUT2D eigenvalue weighted by Crippen LogP contribution is 2.32. The summed E-state index contributed by atoms with van der Waals surface area (Å²) in [5, 5.41) is 9.12. The molecular weight excluding hydrogens is 374 g/mol. The summed E-state index contributed by atoms with van der Waals surface area (Å²) in [5.74, 6) is 0.306. The van der Waals surface area contributed by atoms with Gasteiger partial charge >= 0.3 is 0 Å². The van der Waals surface area contributed by atoms with Crippen LogP contribution in [0, 0.1) is 0 Å². The molecule has 1 fully saturated rings. The van der Waals surface area contributed by atoms with E-state index in [1.165, 1.54) is 0 Å². The van der Waals surface area contributed by atoms with E-state index in [1.54, 1.807) is 12.3 Å². The summed E-state index contributed by atoms with van der Waals surface area (Å²) < 4.78 is 1.90. The minimum atomic E-state index is -0.0895. The fourth-order valence-electron chi connectivity index (χ4n) is 4.21. The number of aromatic nitrogens is 4. The number of piperidine rings is 1. The van der Waals surface area contributed by atoms with Gasteiger partial charge in [-0.15, -0.1) is 17.5 Å². The molecule has 2 N–H and O–H groups in total. The van der Waals surface area contributed by atoms with Gasteiger partial charge in [-0.25, -0.2) is 9.50 Å². The number of aromatic amines is 1. The SMILES string of the molecule is C[C@H]1C[C@H](c2cc(=O)[nH]c3c4c(-c5ccccc5)ccnc4nn23)CCN1.Cl. The van der Waals surface area contributed by atoms with Crippen molar-refractivity contribution in [2.24, 2.45) is 0 Å². The first-order chi connectivity index (χ1) is 13.2. The third kappa shape index (κ3) is 3.08. The molecule has 0 radical (unpaired) electrons. The zero-order valence-corrected chi connectivity index (χ0v) is 16.4. The fraction of sp³-hybridized carbons (Fsp3) is 0.286. The van der Waals surface area contributed by atoms with E-state index in [2.05, 4.69) is 34.3 Å². The van der Waals surface area contributed by atoms with E-state index in [0.717, 1.165) is 47.2 Å². The van der Waals surface area contributed by atoms with Crippen molar-refractivity contribution in [3.63, 3.8) is 0 Å². The monoisotopic (exact) mass is 395 g/mol. The zero-order chi connectivity index (χ0) is 18.4. The maximum Gasteiger partial charge on any atom is 0.251 e. The molecule has 7 heteroatoms. The Bertz CT molecular complexity index is 1180. The third-order valence-corrected chi connectivity index (χ3v) is 5.47. The van der Waals surface area contributed by atoms with Crippen molar-refractivity contribution in [3.8, 4) is 11.1 Å². The summed E-state index contributed by atoms with van der Waals surface area (Å²) in [7, 11) is 0. The number of pyridine rings is 1. The molecule has 6 nitrogen and oxygen atoms in total. The summed E-state index contributed by atoms with van der Waals surface area (Å²) in [6.45, 7) is 3.14. The van der Waals surface area contributed by atoms with Gasteiger partial charge in [0.05, 0.1) is 11.1 Å². The Labute approximate surface area is 168 Å². The molecular formula is C21H22ClN5O. The number of rotatable bonds is 2. The molecule has 0 spiro atoms. The van der Waals surface area contributed by atoms with Crippen molar-refractivity contribution >= 4 is 29.1 Å². The van der Waals surface area contributed by atoms with Gasteiger partial charge in [0.25, 0.3) is 5.56 Å². The van der Waals surface area contributed by atoms with Gasteiger partial charge in [0, 0.05) is 24.2 Å². The standard InChI is InChI=1S/C21H21N5O.ClH/c1-13-11-15(7-9-22-13)17-12-18(27)24-21-19-16(14-5-3-2-4-6-14)8-10-23-20(19)25-26(17)21;/h2-6,8,10,12-13,15,22H,7,9,11H2,1H3,(H,24,27);1H/t13-,15+;/m0./s1. The van der Waals surface area contributed by atoms with E-state index in [-0.39, 0.29) is 18.0 Å². The van der Waals surface area contributed by atoms with Crippen LogP contribution in [-0.2, 0) is 0 Å². The van der Waals surface area contributed by atoms with Crippen LogP contribution in [0.3, 0.4) is 0 Å². The molecule has 5 rings (SSSR count). The third-order valence-electron chi connectivity index (χ3n) is 5.47. The van der Waals surface area contributed by atoms with Crippen LogP contribution in [-0.4, -0.2) is 32.2 Å². The van der Waals surface area contributed by atoms with Crippen molar-refractivity contribution in [1.29, 1.82) is 0 Å². The number of halogens is 1. The van der Waals surface area contributed by atoms with Gasteiger partial charge in [-0.3, -0.25) is 4.79 Å². The van der Waals surface area contributed by atoms with Crippen LogP contribution >= 0.6 is 12.4 Å². The number of H-pyrrole nitrogens is 1. The summed E-state index contributed by atoms with van der Waals surface area (Å²) in [4.78, 5) is 20.0. The number of nitrogens with one attached hydrogen (secondary N) is 2. The molecule has 28 heavy (non-hydrogen) atoms. The number of hydrogen-bond acceptors (Lipinski definition) is 4. The minimum Gasteiger partial charge on any atom is -0.314 e. The smallest absolute Gasteiger partial charge is 0.251 e. The predicted molar refractivity (Wildman–Crippen MR) is 113 cm³/mol. The summed E-state index contributed by atoms with van der Waals surface area (Å²) in [6.07, 6.45) is 3.77. The quantitative estimate of drug-likeness (QED) is 0.544. The second kappa shape index (κ2) is 7.37. The Morgan fingerprint density at radius 2 is 2.00 bits per heavy atom. The van der Waals surface area contributed by atoms with Gasteiger partial charge in [-0.1, -0.05) is 30.3 Å². The molecule has 3 aromatic heterocycles. The predicted octanol–water partition coefficient (Wildman–Crippen LogP) is 3.52. The second-order valence-corrected chi connectivity index (χ2v) is 7.32. The van der Waals surface area contributed by atoms with Crippen LogP contribution in [0.5, 0.6) is 0 Å². The van der Waals surface area contributed by atoms with E-state index in [4.69, 9.17) is 5.10 Å². The highest BCUT2D eigenvalue weighted by molar-refractivity contribution is 6.02. The molecule has 1 aromatic carbocycles. The molecule has 2 atom stereocenters. The van der Waals surface area contributed by atoms with Crippen molar-refractivity contribution in [2.45, 2.75) is 31.7 Å². The molecule has 0 bridgehead atoms. The first-order valence-electron chi connectivity index (χ1n) is 9.40. The lowest BCUT2D eigenvalue weighted by atomic mass is 9.90. The van der Waals surface area contributed by atoms with Gasteiger partial charge in [-0.05, 0) is 43.5 Å². The van der Waals surface area contributed by atoms with E-state index in [9.17, 15) is 4.79 Å². The number of hydrogen-bond donors (Lipinski definition) is 2. The second-order valence-electron chi connectivity index (χ2n) is 7.32. The van der Waals surface area contributed by atoms with Crippen molar-refractivity contribution in [1.82, 2.24) is 24.9 Å². The van der Waals surface area contributed by atoms with Gasteiger partial charge in [-0.2, -0.15) is 0 Å². The minimum absolute atomic E-state index is 0. The molecule has 144 valence electrons. The summed E-state index contributed by atoms with van der Waals surface area (Å²) in [5.41, 5.74) is 4.38. The normalized spacial score (nSPS) is 19.6. The Morgan fingerprint density at radius 3 is 2.79 bits per heavy atom. The van der Waals surface area contributed by atoms with Gasteiger partial charge in [0.2, 0.25) is 0 Å². The Hall–Kier alpha value is -2.70. The highest BCUT2D eigenvalue weighted by Gasteiger charge is 2.24. The highest BCUT2D eigenvalue weighted by atomic mass is 35.5. The van der Waals surface area contributed by atoms with Gasteiger partial charge in [0.1, 0.15) is 5.65 Å². The number of fused-ring (bicyclic) bond motifs is 3. The van der Waals surface area contributed by atoms with Crippen molar-refractivity contribution < 1.29 is 0 Å². The Kier molecular flexibility index (Phi) is 4.91. The van der Waals surface area contributed by atoms with E-state index < -0.39 is 0 Å². The van der Waals surface area contributed by atoms with Gasteiger partial charge in [0.15, 0.2) is 5.65 Å². The molecule has 0 unspecified atom stereocenters. The Morgan fingerprint density at radius 1 is 1.18 bits per heavy atom. The van der Waals surface area contributed by atoms with E-state index >= 15 is 0 Å². The van der Waals surface area contributed by atoms with E-state index in [0.29, 0.717) is 17.6 Å². The molecule has 4 heterocycles. The molecule has 0 amide bonds. The largest absolute Gasteiger partial charge is 0.314 e. The topological polar surface area (TPSA) is 75.1 Å². The van der Waals surface area contributed by atoms with E-state index in [1.807, 2.05) is 28.8 Å². The lowest BCUT2D eigenvalue weighted by Crippen LogP contribution is -2.35. The van der Waals surface area contributed by atoms with Gasteiger partial charge < -0.3 is 10.3 Å². The first-order valence-corrected chi connectivity index (χ1v) is 9.40. The number of nitrogens with zero attached hydrogens (tertiary/aromatic N) is 3. The molecule has 0 aliphatic carbocycles. The first kappa shape index (κ1) is 18.7. The lowest BCUT2D eigenvalue weighted by molar-refractivity contribution is 0.372. The van der Waals surface area contributed by atoms with Crippen molar-refractivity contribution in [3.05, 3.63) is 64.7 Å². The average Bonchev–Trinajstić information content (AvgIpc) is 3.06. The molecule has 1 saturated heterocycles. The van der Waals surface area contributed by atoms with Crippen LogP contribution in [0.2, 0.25) is 0 Å². The van der Waals surface area contributed by atoms with Crippen LogP contribution in [0.15, 0.2) is 53.5 Å². The Balaban J connectivity index is 0.00000192. The fourth-order valence-corrected chi connectivity index (χ4v) is 4.21. The van der Waals surface area contributed by atoms with Crippen LogP contribution in [0.4, 0.5) is 0 Å². The summed E-state index contributed by atoms with van der Waals surface area (Å²) in [6, 6.07) is 14.3.